The Morgan fingerprint density at radius 2 is 0.841 bits per heavy atom. The molecule has 0 aliphatic carbocycles. The Hall–Kier alpha value is -8.19. The molecule has 294 valence electrons. The van der Waals surface area contributed by atoms with Crippen LogP contribution < -0.4 is 0 Å². The van der Waals surface area contributed by atoms with Crippen molar-refractivity contribution in [2.24, 2.45) is 0 Å². The van der Waals surface area contributed by atoms with E-state index in [2.05, 4.69) is 0 Å². The highest BCUT2D eigenvalue weighted by Crippen LogP contribution is 2.39. The molecule has 4 aromatic heterocycles. The summed E-state index contributed by atoms with van der Waals surface area (Å²) in [7, 11) is 0. The van der Waals surface area contributed by atoms with Gasteiger partial charge in [0.15, 0.2) is 5.82 Å². The topological polar surface area (TPSA) is 48.5 Å². The van der Waals surface area contributed by atoms with Crippen LogP contribution in [0.2, 0.25) is 0 Å². The summed E-state index contributed by atoms with van der Waals surface area (Å²) in [6.07, 6.45) is 0. The molecule has 5 nitrogen and oxygen atoms in total. The first kappa shape index (κ1) is 19.2. The maximum Gasteiger partial charge on any atom is 0.240 e. The number of aromatic nitrogens is 5. The van der Waals surface area contributed by atoms with Gasteiger partial charge in [-0.15, -0.1) is 11.3 Å². The molecule has 63 heavy (non-hydrogen) atoms. The van der Waals surface area contributed by atoms with Crippen molar-refractivity contribution >= 4 is 75.1 Å². The van der Waals surface area contributed by atoms with Crippen molar-refractivity contribution in [1.82, 2.24) is 24.1 Å². The van der Waals surface area contributed by atoms with Crippen molar-refractivity contribution in [3.8, 4) is 56.7 Å². The van der Waals surface area contributed by atoms with Gasteiger partial charge in [-0.3, -0.25) is 9.13 Å². The van der Waals surface area contributed by atoms with Gasteiger partial charge in [0.25, 0.3) is 0 Å². The number of hydrogen-bond acceptors (Lipinski definition) is 4. The first-order chi connectivity index (χ1) is 41.2. The third-order valence-corrected chi connectivity index (χ3v) is 11.8. The zero-order chi connectivity index (χ0) is 62.3. The molecule has 0 saturated heterocycles. The molecule has 0 atom stereocenters. The van der Waals surface area contributed by atoms with E-state index in [-0.39, 0.29) is 11.4 Å². The fourth-order valence-electron chi connectivity index (χ4n) is 7.82. The second kappa shape index (κ2) is 14.2. The Balaban J connectivity index is 1.21. The van der Waals surface area contributed by atoms with Gasteiger partial charge in [-0.05, 0) is 75.7 Å². The lowest BCUT2D eigenvalue weighted by Gasteiger charge is -2.13. The van der Waals surface area contributed by atoms with Crippen molar-refractivity contribution in [3.63, 3.8) is 0 Å². The molecule has 0 aliphatic rings. The van der Waals surface area contributed by atoms with Crippen LogP contribution in [0.1, 0.15) is 32.9 Å². The maximum absolute atomic E-state index is 9.97. The van der Waals surface area contributed by atoms with E-state index in [1.165, 1.54) is 0 Å². The van der Waals surface area contributed by atoms with Gasteiger partial charge in [-0.1, -0.05) is 169 Å². The van der Waals surface area contributed by atoms with Crippen LogP contribution in [0.5, 0.6) is 0 Å². The Bertz CT molecular complexity index is 5040. The van der Waals surface area contributed by atoms with E-state index < -0.39 is 223 Å². The second-order valence-electron chi connectivity index (χ2n) is 14.2. The van der Waals surface area contributed by atoms with Crippen LogP contribution in [0.3, 0.4) is 0 Å². The first-order valence-corrected chi connectivity index (χ1v) is 20.0. The third kappa shape index (κ3) is 5.80. The molecule has 0 N–H and O–H groups in total. The van der Waals surface area contributed by atoms with E-state index in [0.29, 0.717) is 5.56 Å². The van der Waals surface area contributed by atoms with Crippen LogP contribution in [-0.2, 0) is 0 Å². The molecule has 0 aliphatic heterocycles. The zero-order valence-corrected chi connectivity index (χ0v) is 32.8. The van der Waals surface area contributed by atoms with Crippen LogP contribution in [0.4, 0.5) is 0 Å². The van der Waals surface area contributed by atoms with Crippen LogP contribution in [0.15, 0.2) is 212 Å². The number of hydrogen-bond donors (Lipinski definition) is 0. The molecule has 0 saturated carbocycles. The largest absolute Gasteiger partial charge is 0.278 e. The van der Waals surface area contributed by atoms with E-state index in [9.17, 15) is 13.7 Å². The summed E-state index contributed by atoms with van der Waals surface area (Å²) in [6, 6.07) is 0.734. The number of thiophene rings is 1. The minimum Gasteiger partial charge on any atom is -0.278 e. The molecule has 13 aromatic rings. The number of fused-ring (bicyclic) bond motifs is 9. The lowest BCUT2D eigenvalue weighted by molar-refractivity contribution is 0.893. The van der Waals surface area contributed by atoms with Gasteiger partial charge in [0, 0.05) is 47.3 Å². The highest BCUT2D eigenvalue weighted by Gasteiger charge is 2.21. The number of benzene rings is 9. The second-order valence-corrected chi connectivity index (χ2v) is 15.3. The summed E-state index contributed by atoms with van der Waals surface area (Å²) in [6.45, 7) is 0. The number of nitrogens with zero attached hydrogens (tertiary/aromatic N) is 5. The maximum atomic E-state index is 9.97. The minimum absolute atomic E-state index is 0.178. The van der Waals surface area contributed by atoms with E-state index in [1.807, 2.05) is 42.5 Å². The van der Waals surface area contributed by atoms with Crippen LogP contribution in [-0.4, -0.2) is 24.1 Å². The van der Waals surface area contributed by atoms with Crippen LogP contribution in [0, 0.1) is 0 Å². The molecule has 13 rings (SSSR count). The predicted molar refractivity (Wildman–Crippen MR) is 263 cm³/mol. The predicted octanol–water partition coefficient (Wildman–Crippen LogP) is 15.1. The molecule has 0 fully saturated rings. The molecule has 6 heteroatoms. The minimum atomic E-state index is -0.863. The highest BCUT2D eigenvalue weighted by molar-refractivity contribution is 7.25. The van der Waals surface area contributed by atoms with Crippen molar-refractivity contribution in [2.45, 2.75) is 0 Å². The summed E-state index contributed by atoms with van der Waals surface area (Å²) in [4.78, 5) is 14.6. The average molecular weight is 846 g/mol. The smallest absolute Gasteiger partial charge is 0.240 e. The molecule has 0 radical (unpaired) electrons. The van der Waals surface area contributed by atoms with E-state index in [0.717, 1.165) is 34.9 Å². The molecule has 0 amide bonds. The normalized spacial score (nSPS) is 17.1. The van der Waals surface area contributed by atoms with Gasteiger partial charge in [0.1, 0.15) is 0 Å². The highest BCUT2D eigenvalue weighted by atomic mass is 32.1. The quantitative estimate of drug-likeness (QED) is 0.167. The van der Waals surface area contributed by atoms with Gasteiger partial charge >= 0.3 is 0 Å². The van der Waals surface area contributed by atoms with Crippen LogP contribution >= 0.6 is 11.3 Å². The monoisotopic (exact) mass is 845 g/mol. The van der Waals surface area contributed by atoms with Gasteiger partial charge in [0.05, 0.1) is 55.0 Å². The van der Waals surface area contributed by atoms with Gasteiger partial charge in [-0.25, -0.2) is 0 Å². The molecule has 0 bridgehead atoms. The van der Waals surface area contributed by atoms with Gasteiger partial charge in [-0.2, -0.15) is 15.0 Å². The number of rotatable bonds is 6. The lowest BCUT2D eigenvalue weighted by Crippen LogP contribution is -2.10. The molecular weight excluding hydrogens is 787 g/mol. The third-order valence-electron chi connectivity index (χ3n) is 10.7. The van der Waals surface area contributed by atoms with E-state index >= 15 is 0 Å². The Morgan fingerprint density at radius 3 is 1.44 bits per heavy atom. The lowest BCUT2D eigenvalue weighted by atomic mass is 10.0. The van der Waals surface area contributed by atoms with E-state index in [1.54, 1.807) is 35.6 Å². The fourth-order valence-corrected chi connectivity index (χ4v) is 8.91. The van der Waals surface area contributed by atoms with Gasteiger partial charge in [0.2, 0.25) is 11.9 Å². The Labute approximate surface area is 400 Å². The summed E-state index contributed by atoms with van der Waals surface area (Å²) in [5, 5.41) is 0.246. The van der Waals surface area contributed by atoms with Crippen molar-refractivity contribution in [2.75, 3.05) is 0 Å². The van der Waals surface area contributed by atoms with Crippen molar-refractivity contribution < 1.29 is 32.9 Å². The Kier molecular flexibility index (Phi) is 4.34. The summed E-state index contributed by atoms with van der Waals surface area (Å²) in [5.41, 5.74) is -3.13. The van der Waals surface area contributed by atoms with Crippen LogP contribution in [0.25, 0.3) is 120 Å². The van der Waals surface area contributed by atoms with Crippen molar-refractivity contribution in [3.05, 3.63) is 212 Å². The van der Waals surface area contributed by atoms with Crippen molar-refractivity contribution in [1.29, 1.82) is 0 Å². The fraction of sp³-hybridized carbons (Fsp3) is 0. The summed E-state index contributed by atoms with van der Waals surface area (Å²) < 4.78 is 221. The van der Waals surface area contributed by atoms with E-state index in [4.69, 9.17) is 34.1 Å². The summed E-state index contributed by atoms with van der Waals surface area (Å²) >= 11 is 1.63. The molecule has 0 unspecified atom stereocenters. The average Bonchev–Trinajstić information content (AvgIpc) is 1.59. The molecular formula is C57H35N5S. The first-order valence-electron chi connectivity index (χ1n) is 31.2. The molecule has 0 spiro atoms. The molecule has 9 aromatic carbocycles. The number of para-hydroxylation sites is 2. The Morgan fingerprint density at radius 1 is 0.349 bits per heavy atom. The standard InChI is InChI=1S/C57H35N5S/c1-3-13-36(14-4-1)41-27-30-45-43-17-7-10-20-49(43)61(51(45)34-41)56-58-55(39-25-23-38(24-26-39)40-29-32-54-48(33-40)47-19-9-12-22-53(47)63-54)59-57(60-56)62-50-21-11-8-18-44(50)46-31-28-42(35-52(46)62)37-15-5-2-6-16-37/h1-35H/i1D,2D,3D,4D,5D,6D,7D,8D,10D,11D,13D,14D,15D,16D,17D,18D,20D,21D,27D,28D,30D,31D,34D,35D. The summed E-state index contributed by atoms with van der Waals surface area (Å²) in [5.74, 6) is -1.66. The zero-order valence-electron chi connectivity index (χ0n) is 56.0. The SMILES string of the molecule is [2H]c1c([2H])c([2H])c(-c2c([2H])c([2H])c3c4c([2H])c([2H])c([2H])c([2H])c4n(-c4nc(-c5ccc(-c6ccc7sc8ccccc8c7c6)cc5)nc(-n5c6c([2H])c([2H])c([2H])c([2H])c6c6c([2H])c([2H])c(-c7c([2H])c([2H])c([2H])c([2H])c7[2H])c([2H])c65)n4)c3c2[2H])c([2H])c1[2H]. The molecule has 4 heterocycles. The van der Waals surface area contributed by atoms with Gasteiger partial charge < -0.3 is 0 Å².